The fourth-order valence-electron chi connectivity index (χ4n) is 6.11. The minimum atomic E-state index is -1.34. The molecule has 0 radical (unpaired) electrons. The van der Waals surface area contributed by atoms with Gasteiger partial charge in [0.15, 0.2) is 17.2 Å². The van der Waals surface area contributed by atoms with Gasteiger partial charge in [-0.2, -0.15) is 10.4 Å². The first-order valence-corrected chi connectivity index (χ1v) is 17.9. The lowest BCUT2D eigenvalue weighted by molar-refractivity contribution is 0.276. The second-order valence-electron chi connectivity index (χ2n) is 10.5. The van der Waals surface area contributed by atoms with E-state index in [1.807, 2.05) is 32.4 Å². The number of aromatic nitrogens is 5. The molecule has 43 heavy (non-hydrogen) atoms. The molecule has 3 atom stereocenters. The molecule has 0 spiro atoms. The molecule has 1 saturated heterocycles. The Balaban J connectivity index is 0.00000102. The van der Waals surface area contributed by atoms with Crippen LogP contribution in [0.4, 0.5) is 5.00 Å². The van der Waals surface area contributed by atoms with Crippen LogP contribution in [0.3, 0.4) is 0 Å². The molecule has 4 aromatic heterocycles. The normalized spacial score (nSPS) is 18.7. The first-order valence-electron chi connectivity index (χ1n) is 15.5. The van der Waals surface area contributed by atoms with E-state index in [2.05, 4.69) is 35.2 Å². The van der Waals surface area contributed by atoms with Crippen LogP contribution in [0, 0.1) is 11.3 Å². The minimum absolute atomic E-state index is 0.0910. The minimum Gasteiger partial charge on any atom is -0.389 e. The molecule has 4 aromatic rings. The third-order valence-corrected chi connectivity index (χ3v) is 9.99. The van der Waals surface area contributed by atoms with Crippen molar-refractivity contribution in [1.82, 2.24) is 29.8 Å². The van der Waals surface area contributed by atoms with E-state index < -0.39 is 10.8 Å². The summed E-state index contributed by atoms with van der Waals surface area (Å²) in [4.78, 5) is 13.1. The highest BCUT2D eigenvalue weighted by Crippen LogP contribution is 2.46. The third-order valence-electron chi connectivity index (χ3n) is 8.04. The molecule has 1 fully saturated rings. The Morgan fingerprint density at radius 1 is 1.21 bits per heavy atom. The third kappa shape index (κ3) is 6.26. The Bertz CT molecular complexity index is 1620. The Morgan fingerprint density at radius 2 is 1.98 bits per heavy atom. The maximum absolute atomic E-state index is 12.8. The van der Waals surface area contributed by atoms with Crippen molar-refractivity contribution in [3.8, 4) is 17.6 Å². The lowest BCUT2D eigenvalue weighted by atomic mass is 9.81. The molecule has 0 saturated carbocycles. The van der Waals surface area contributed by atoms with E-state index in [0.717, 1.165) is 66.8 Å². The average Bonchev–Trinajstić information content (AvgIpc) is 3.81. The number of rotatable bonds is 7. The smallest absolute Gasteiger partial charge is 0.185 e. The highest BCUT2D eigenvalue weighted by Gasteiger charge is 2.35. The summed E-state index contributed by atoms with van der Waals surface area (Å²) in [5.41, 5.74) is 10.00. The Hall–Kier alpha value is -3.14. The van der Waals surface area contributed by atoms with E-state index in [-0.39, 0.29) is 5.92 Å². The number of likely N-dealkylation sites (tertiary alicyclic amines) is 1. The number of anilines is 1. The van der Waals surface area contributed by atoms with Gasteiger partial charge in [0.1, 0.15) is 21.9 Å². The number of hydrogen-bond donors (Lipinski definition) is 1. The number of aryl methyl sites for hydroxylation is 1. The van der Waals surface area contributed by atoms with Gasteiger partial charge in [-0.25, -0.2) is 14.6 Å². The van der Waals surface area contributed by atoms with Crippen molar-refractivity contribution in [2.75, 3.05) is 25.6 Å². The van der Waals surface area contributed by atoms with Gasteiger partial charge in [0.2, 0.25) is 0 Å². The molecule has 5 heterocycles. The highest BCUT2D eigenvalue weighted by molar-refractivity contribution is 7.84. The van der Waals surface area contributed by atoms with Crippen molar-refractivity contribution < 1.29 is 8.73 Å². The van der Waals surface area contributed by atoms with Crippen LogP contribution in [0.1, 0.15) is 100.0 Å². The van der Waals surface area contributed by atoms with Gasteiger partial charge in [-0.3, -0.25) is 4.21 Å². The Labute approximate surface area is 261 Å². The predicted molar refractivity (Wildman–Crippen MR) is 174 cm³/mol. The zero-order chi connectivity index (χ0) is 31.3. The quantitative estimate of drug-likeness (QED) is 0.235. The first-order chi connectivity index (χ1) is 20.9. The second kappa shape index (κ2) is 14.6. The molecule has 2 N–H and O–H groups in total. The zero-order valence-electron chi connectivity index (χ0n) is 26.4. The molecule has 0 bridgehead atoms. The lowest BCUT2D eigenvalue weighted by Crippen LogP contribution is -2.29. The highest BCUT2D eigenvalue weighted by atomic mass is 32.2. The van der Waals surface area contributed by atoms with Crippen molar-refractivity contribution in [3.63, 3.8) is 0 Å². The van der Waals surface area contributed by atoms with E-state index in [1.165, 1.54) is 17.8 Å². The van der Waals surface area contributed by atoms with Gasteiger partial charge in [0.05, 0.1) is 34.5 Å². The summed E-state index contributed by atoms with van der Waals surface area (Å²) < 4.78 is 20.7. The van der Waals surface area contributed by atoms with Crippen LogP contribution in [0.25, 0.3) is 22.6 Å². The number of nitrogen functional groups attached to an aromatic ring is 1. The number of fused-ring (bicyclic) bond motifs is 2. The van der Waals surface area contributed by atoms with Crippen LogP contribution >= 0.6 is 11.3 Å². The molecule has 1 aliphatic heterocycles. The fourth-order valence-corrected chi connectivity index (χ4v) is 7.96. The number of nitrogens with zero attached hydrogens (tertiary/aromatic N) is 7. The summed E-state index contributed by atoms with van der Waals surface area (Å²) >= 11 is 1.51. The molecular formula is C31H44N8O2S2. The van der Waals surface area contributed by atoms with Crippen LogP contribution in [0.2, 0.25) is 0 Å². The monoisotopic (exact) mass is 624 g/mol. The molecule has 10 nitrogen and oxygen atoms in total. The largest absolute Gasteiger partial charge is 0.389 e. The van der Waals surface area contributed by atoms with Gasteiger partial charge in [0, 0.05) is 28.7 Å². The number of thiophene rings is 1. The first kappa shape index (κ1) is 32.8. The van der Waals surface area contributed by atoms with Crippen LogP contribution in [0.5, 0.6) is 0 Å². The molecule has 3 unspecified atom stereocenters. The standard InChI is InChI=1S/C27H32N8O2S2.2C2H6/c1-4-7-20-21(18(12-28)24(29)38-20)16-9-5-10-17-22(33-37-23(16)17)25-31-26-19(27(32-25)39(3)36)13-30-35(26)14-15-8-6-11-34(15)2;2*1-2/h13,15-16H,4-11,14,29H2,1-3H3;2*1-2H3. The summed E-state index contributed by atoms with van der Waals surface area (Å²) in [5, 5.41) is 20.7. The molecule has 12 heteroatoms. The van der Waals surface area contributed by atoms with Gasteiger partial charge >= 0.3 is 0 Å². The van der Waals surface area contributed by atoms with Gasteiger partial charge in [-0.05, 0) is 57.7 Å². The van der Waals surface area contributed by atoms with Crippen LogP contribution < -0.4 is 5.73 Å². The van der Waals surface area contributed by atoms with Crippen molar-refractivity contribution >= 4 is 38.2 Å². The predicted octanol–water partition coefficient (Wildman–Crippen LogP) is 6.30. The van der Waals surface area contributed by atoms with Gasteiger partial charge in [-0.15, -0.1) is 11.3 Å². The van der Waals surface area contributed by atoms with E-state index in [9.17, 15) is 9.47 Å². The summed E-state index contributed by atoms with van der Waals surface area (Å²) in [6.45, 7) is 11.9. The average molecular weight is 625 g/mol. The molecule has 0 amide bonds. The van der Waals surface area contributed by atoms with Crippen LogP contribution in [-0.2, 0) is 30.2 Å². The molecular weight excluding hydrogens is 581 g/mol. The summed E-state index contributed by atoms with van der Waals surface area (Å²) in [7, 11) is 0.798. The molecule has 0 aromatic carbocycles. The number of likely N-dealkylation sites (N-methyl/N-ethyl adjacent to an activating group) is 1. The van der Waals surface area contributed by atoms with Gasteiger partial charge < -0.3 is 15.2 Å². The fraction of sp³-hybridized carbons (Fsp3) is 0.581. The molecule has 1 aliphatic carbocycles. The van der Waals surface area contributed by atoms with E-state index in [0.29, 0.717) is 50.7 Å². The van der Waals surface area contributed by atoms with Crippen LogP contribution in [0.15, 0.2) is 15.7 Å². The Morgan fingerprint density at radius 3 is 2.63 bits per heavy atom. The summed E-state index contributed by atoms with van der Waals surface area (Å²) in [6, 6.07) is 2.72. The van der Waals surface area contributed by atoms with Gasteiger partial charge in [0.25, 0.3) is 0 Å². The van der Waals surface area contributed by atoms with E-state index >= 15 is 0 Å². The molecule has 6 rings (SSSR count). The van der Waals surface area contributed by atoms with Crippen molar-refractivity contribution in [2.24, 2.45) is 0 Å². The van der Waals surface area contributed by atoms with Crippen LogP contribution in [-0.4, -0.2) is 59.9 Å². The maximum atomic E-state index is 12.8. The zero-order valence-corrected chi connectivity index (χ0v) is 28.1. The Kier molecular flexibility index (Phi) is 11.1. The number of hydrogen-bond acceptors (Lipinski definition) is 10. The summed E-state index contributed by atoms with van der Waals surface area (Å²) in [6.07, 6.45) is 10.00. The number of nitriles is 1. The van der Waals surface area contributed by atoms with E-state index in [1.54, 1.807) is 12.5 Å². The SMILES string of the molecule is CC.CC.CCCc1sc(N)c(C#N)c1C1CCCc2c(-c3nc(S(C)=O)c4cnn(CC5CCCN5C)c4n3)noc21. The summed E-state index contributed by atoms with van der Waals surface area (Å²) in [5.74, 6) is 1.07. The van der Waals surface area contributed by atoms with E-state index in [4.69, 9.17) is 20.2 Å². The number of nitrogens with two attached hydrogens (primary N) is 1. The van der Waals surface area contributed by atoms with Gasteiger partial charge in [-0.1, -0.05) is 46.2 Å². The van der Waals surface area contributed by atoms with Crippen molar-refractivity contribution in [2.45, 2.75) is 103 Å². The molecule has 232 valence electrons. The van der Waals surface area contributed by atoms with Crippen molar-refractivity contribution in [3.05, 3.63) is 33.5 Å². The maximum Gasteiger partial charge on any atom is 0.185 e. The van der Waals surface area contributed by atoms with Crippen molar-refractivity contribution in [1.29, 1.82) is 5.26 Å². The lowest BCUT2D eigenvalue weighted by Gasteiger charge is -2.21. The topological polar surface area (TPSA) is 140 Å². The molecule has 2 aliphatic rings. The second-order valence-corrected chi connectivity index (χ2v) is 12.9.